The lowest BCUT2D eigenvalue weighted by Gasteiger charge is -2.27. The van der Waals surface area contributed by atoms with Crippen molar-refractivity contribution in [3.05, 3.63) is 34.9 Å². The Bertz CT molecular complexity index is 484. The molecule has 3 heteroatoms. The molecule has 1 amide bonds. The molecule has 0 bridgehead atoms. The van der Waals surface area contributed by atoms with Crippen molar-refractivity contribution in [1.82, 2.24) is 5.32 Å². The Hall–Kier alpha value is -1.35. The molecule has 0 spiro atoms. The number of hydrogen-bond donors (Lipinski definition) is 2. The van der Waals surface area contributed by atoms with E-state index in [4.69, 9.17) is 0 Å². The Kier molecular flexibility index (Phi) is 5.80. The lowest BCUT2D eigenvalue weighted by atomic mass is 9.85. The molecule has 2 N–H and O–H groups in total. The first-order valence-corrected chi connectivity index (χ1v) is 8.25. The van der Waals surface area contributed by atoms with Crippen molar-refractivity contribution >= 4 is 5.91 Å². The number of nitrogens with one attached hydrogen (secondary N) is 1. The molecule has 0 aliphatic heterocycles. The van der Waals surface area contributed by atoms with E-state index in [0.29, 0.717) is 6.42 Å². The van der Waals surface area contributed by atoms with Crippen LogP contribution in [0.25, 0.3) is 0 Å². The first kappa shape index (κ1) is 16.0. The molecule has 1 aromatic rings. The number of carbonyl (C=O) groups excluding carboxylic acids is 1. The average Bonchev–Trinajstić information content (AvgIpc) is 2.52. The Labute approximate surface area is 127 Å². The lowest BCUT2D eigenvalue weighted by molar-refractivity contribution is -0.121. The number of aliphatic hydroxyl groups excluding tert-OH is 1. The molecular formula is C18H27NO2. The number of aryl methyl sites for hydroxylation is 1. The van der Waals surface area contributed by atoms with E-state index in [0.717, 1.165) is 44.1 Å². The molecule has 0 radical (unpaired) electrons. The summed E-state index contributed by atoms with van der Waals surface area (Å²) >= 11 is 0. The van der Waals surface area contributed by atoms with Gasteiger partial charge in [0.1, 0.15) is 0 Å². The van der Waals surface area contributed by atoms with Crippen LogP contribution in [0.4, 0.5) is 0 Å². The second kappa shape index (κ2) is 7.60. The summed E-state index contributed by atoms with van der Waals surface area (Å²) in [7, 11) is 0. The van der Waals surface area contributed by atoms with E-state index in [-0.39, 0.29) is 18.1 Å². The van der Waals surface area contributed by atoms with Crippen LogP contribution in [0.1, 0.15) is 81.2 Å². The van der Waals surface area contributed by atoms with Gasteiger partial charge in [-0.3, -0.25) is 4.79 Å². The second-order valence-corrected chi connectivity index (χ2v) is 5.98. The molecule has 116 valence electrons. The van der Waals surface area contributed by atoms with Crippen LogP contribution in [0.5, 0.6) is 0 Å². The van der Waals surface area contributed by atoms with Crippen LogP contribution in [0, 0.1) is 0 Å². The Morgan fingerprint density at radius 3 is 2.95 bits per heavy atom. The van der Waals surface area contributed by atoms with Crippen molar-refractivity contribution in [1.29, 1.82) is 0 Å². The third-order valence-corrected chi connectivity index (χ3v) is 4.36. The third kappa shape index (κ3) is 4.07. The average molecular weight is 289 g/mol. The third-order valence-electron chi connectivity index (χ3n) is 4.36. The molecule has 0 saturated heterocycles. The molecular weight excluding hydrogens is 262 g/mol. The normalized spacial score (nSPS) is 18.9. The topological polar surface area (TPSA) is 49.3 Å². The number of amides is 1. The number of unbranched alkanes of at least 4 members (excludes halogenated alkanes) is 1. The van der Waals surface area contributed by atoms with Crippen LogP contribution in [-0.4, -0.2) is 11.0 Å². The Balaban J connectivity index is 2.18. The van der Waals surface area contributed by atoms with Crippen molar-refractivity contribution in [2.45, 2.75) is 70.9 Å². The van der Waals surface area contributed by atoms with Gasteiger partial charge in [-0.05, 0) is 42.4 Å². The van der Waals surface area contributed by atoms with Gasteiger partial charge >= 0.3 is 0 Å². The first-order valence-electron chi connectivity index (χ1n) is 8.25. The highest BCUT2D eigenvalue weighted by atomic mass is 16.3. The molecule has 0 saturated carbocycles. The van der Waals surface area contributed by atoms with Crippen molar-refractivity contribution in [3.63, 3.8) is 0 Å². The molecule has 0 fully saturated rings. The molecule has 21 heavy (non-hydrogen) atoms. The van der Waals surface area contributed by atoms with E-state index in [2.05, 4.69) is 24.4 Å². The molecule has 2 rings (SSSR count). The number of rotatable bonds is 6. The van der Waals surface area contributed by atoms with Crippen LogP contribution in [0.3, 0.4) is 0 Å². The number of hydrogen-bond acceptors (Lipinski definition) is 2. The van der Waals surface area contributed by atoms with Gasteiger partial charge in [-0.25, -0.2) is 0 Å². The van der Waals surface area contributed by atoms with Crippen LogP contribution < -0.4 is 5.32 Å². The minimum atomic E-state index is -0.389. The molecule has 2 unspecified atom stereocenters. The summed E-state index contributed by atoms with van der Waals surface area (Å²) in [4.78, 5) is 11.7. The first-order chi connectivity index (χ1) is 10.2. The molecule has 1 aromatic carbocycles. The van der Waals surface area contributed by atoms with E-state index in [1.807, 2.05) is 13.0 Å². The Morgan fingerprint density at radius 2 is 2.24 bits per heavy atom. The predicted molar refractivity (Wildman–Crippen MR) is 85.0 cm³/mol. The highest BCUT2D eigenvalue weighted by Gasteiger charge is 2.22. The van der Waals surface area contributed by atoms with Crippen LogP contribution in [0.2, 0.25) is 0 Å². The van der Waals surface area contributed by atoms with Crippen LogP contribution in [0.15, 0.2) is 18.2 Å². The van der Waals surface area contributed by atoms with E-state index >= 15 is 0 Å². The maximum Gasteiger partial charge on any atom is 0.220 e. The van der Waals surface area contributed by atoms with E-state index in [1.165, 1.54) is 11.1 Å². The van der Waals surface area contributed by atoms with Gasteiger partial charge in [0, 0.05) is 6.42 Å². The largest absolute Gasteiger partial charge is 0.388 e. The van der Waals surface area contributed by atoms with Crippen LogP contribution >= 0.6 is 0 Å². The van der Waals surface area contributed by atoms with Gasteiger partial charge in [-0.15, -0.1) is 0 Å². The zero-order valence-corrected chi connectivity index (χ0v) is 13.2. The summed E-state index contributed by atoms with van der Waals surface area (Å²) in [6.45, 7) is 4.01. The van der Waals surface area contributed by atoms with Gasteiger partial charge in [0.2, 0.25) is 5.91 Å². The standard InChI is InChI=1S/C18H27NO2/c1-3-5-9-17(20)14-11-10-13-7-6-8-16(15(13)12-14)19-18(21)4-2/h10-12,16-17,20H,3-9H2,1-2H3,(H,19,21). The SMILES string of the molecule is CCCCC(O)c1ccc2c(c1)C(NC(=O)CC)CCC2. The summed E-state index contributed by atoms with van der Waals surface area (Å²) in [5.74, 6) is 0.102. The zero-order valence-electron chi connectivity index (χ0n) is 13.2. The molecule has 1 aliphatic carbocycles. The van der Waals surface area contributed by atoms with Crippen molar-refractivity contribution in [3.8, 4) is 0 Å². The number of benzene rings is 1. The van der Waals surface area contributed by atoms with Gasteiger partial charge < -0.3 is 10.4 Å². The fourth-order valence-corrected chi connectivity index (χ4v) is 3.04. The minimum Gasteiger partial charge on any atom is -0.388 e. The van der Waals surface area contributed by atoms with E-state index in [9.17, 15) is 9.90 Å². The second-order valence-electron chi connectivity index (χ2n) is 5.98. The zero-order chi connectivity index (χ0) is 15.2. The minimum absolute atomic E-state index is 0.102. The van der Waals surface area contributed by atoms with E-state index < -0.39 is 0 Å². The van der Waals surface area contributed by atoms with Gasteiger partial charge in [0.25, 0.3) is 0 Å². The van der Waals surface area contributed by atoms with Gasteiger partial charge in [-0.1, -0.05) is 44.9 Å². The summed E-state index contributed by atoms with van der Waals surface area (Å²) in [6, 6.07) is 6.39. The molecule has 2 atom stereocenters. The van der Waals surface area contributed by atoms with Crippen molar-refractivity contribution in [2.24, 2.45) is 0 Å². The van der Waals surface area contributed by atoms with Crippen molar-refractivity contribution < 1.29 is 9.90 Å². The highest BCUT2D eigenvalue weighted by molar-refractivity contribution is 5.76. The molecule has 0 aromatic heterocycles. The molecule has 0 heterocycles. The highest BCUT2D eigenvalue weighted by Crippen LogP contribution is 2.32. The van der Waals surface area contributed by atoms with Gasteiger partial charge in [0.15, 0.2) is 0 Å². The maximum atomic E-state index is 11.7. The van der Waals surface area contributed by atoms with Crippen molar-refractivity contribution in [2.75, 3.05) is 0 Å². The summed E-state index contributed by atoms with van der Waals surface area (Å²) in [6.07, 6.45) is 6.24. The summed E-state index contributed by atoms with van der Waals surface area (Å²) < 4.78 is 0. The summed E-state index contributed by atoms with van der Waals surface area (Å²) in [5, 5.41) is 13.4. The molecule has 1 aliphatic rings. The number of aliphatic hydroxyl groups is 1. The monoisotopic (exact) mass is 289 g/mol. The number of fused-ring (bicyclic) bond motifs is 1. The quantitative estimate of drug-likeness (QED) is 0.836. The fraction of sp³-hybridized carbons (Fsp3) is 0.611. The predicted octanol–water partition coefficient (Wildman–Crippen LogP) is 3.81. The van der Waals surface area contributed by atoms with Gasteiger partial charge in [-0.2, -0.15) is 0 Å². The fourth-order valence-electron chi connectivity index (χ4n) is 3.04. The summed E-state index contributed by atoms with van der Waals surface area (Å²) in [5.41, 5.74) is 3.50. The van der Waals surface area contributed by atoms with E-state index in [1.54, 1.807) is 0 Å². The Morgan fingerprint density at radius 1 is 1.43 bits per heavy atom. The van der Waals surface area contributed by atoms with Gasteiger partial charge in [0.05, 0.1) is 12.1 Å². The molecule has 3 nitrogen and oxygen atoms in total. The van der Waals surface area contributed by atoms with Crippen LogP contribution in [-0.2, 0) is 11.2 Å². The number of carbonyl (C=O) groups is 1. The maximum absolute atomic E-state index is 11.7. The smallest absolute Gasteiger partial charge is 0.220 e. The lowest BCUT2D eigenvalue weighted by Crippen LogP contribution is -2.30.